The van der Waals surface area contributed by atoms with E-state index in [2.05, 4.69) is 25.8 Å². The first-order chi connectivity index (χ1) is 14.6. The molecule has 0 saturated heterocycles. The molecule has 2 N–H and O–H groups in total. The lowest BCUT2D eigenvalue weighted by Crippen LogP contribution is -2.14. The number of para-hydroxylation sites is 2. The lowest BCUT2D eigenvalue weighted by molar-refractivity contribution is -0.142. The fourth-order valence-corrected chi connectivity index (χ4v) is 4.56. The number of methoxy groups -OCH3 is 1. The van der Waals surface area contributed by atoms with Gasteiger partial charge in [-0.1, -0.05) is 35.2 Å². The number of thiazole rings is 1. The predicted octanol–water partition coefficient (Wildman–Crippen LogP) is 3.58. The number of hydrogen-bond acceptors (Lipinski definition) is 11. The number of aromatic nitrogens is 3. The number of esters is 1. The number of rotatable bonds is 10. The topological polar surface area (TPSA) is 115 Å². The molecule has 9 nitrogen and oxygen atoms in total. The van der Waals surface area contributed by atoms with Crippen LogP contribution in [0.2, 0.25) is 0 Å². The van der Waals surface area contributed by atoms with Crippen LogP contribution in [-0.4, -0.2) is 46.5 Å². The minimum atomic E-state index is -0.343. The largest absolute Gasteiger partial charge is 0.495 e. The van der Waals surface area contributed by atoms with Crippen LogP contribution in [-0.2, 0) is 20.7 Å². The van der Waals surface area contributed by atoms with E-state index in [0.717, 1.165) is 5.69 Å². The zero-order chi connectivity index (χ0) is 21.3. The number of hydrogen-bond donors (Lipinski definition) is 2. The maximum absolute atomic E-state index is 12.2. The first kappa shape index (κ1) is 22.0. The molecular formula is C18H19N5O4S3. The van der Waals surface area contributed by atoms with Crippen molar-refractivity contribution >= 4 is 62.3 Å². The van der Waals surface area contributed by atoms with Gasteiger partial charge in [-0.25, -0.2) is 4.98 Å². The average Bonchev–Trinajstić information content (AvgIpc) is 3.36. The van der Waals surface area contributed by atoms with E-state index in [-0.39, 0.29) is 24.1 Å². The standard InChI is InChI=1S/C18H19N5O4S3/c1-3-27-15(25)8-11-9-28-16(19-11)21-14(24)10-29-18-23-22-17(30-18)20-12-6-4-5-7-13(12)26-2/h4-7,9H,3,8,10H2,1-2H3,(H,20,22)(H,19,21,24). The third-order valence-electron chi connectivity index (χ3n) is 3.51. The summed E-state index contributed by atoms with van der Waals surface area (Å²) in [5, 5.41) is 16.8. The maximum Gasteiger partial charge on any atom is 0.311 e. The van der Waals surface area contributed by atoms with Crippen molar-refractivity contribution in [2.24, 2.45) is 0 Å². The van der Waals surface area contributed by atoms with Gasteiger partial charge < -0.3 is 20.1 Å². The van der Waals surface area contributed by atoms with Gasteiger partial charge in [-0.2, -0.15) is 0 Å². The SMILES string of the molecule is CCOC(=O)Cc1csc(NC(=O)CSc2nnc(Nc3ccccc3OC)s2)n1. The molecule has 1 amide bonds. The average molecular weight is 466 g/mol. The van der Waals surface area contributed by atoms with E-state index >= 15 is 0 Å². The van der Waals surface area contributed by atoms with Crippen molar-refractivity contribution in [1.29, 1.82) is 0 Å². The minimum Gasteiger partial charge on any atom is -0.495 e. The maximum atomic E-state index is 12.2. The van der Waals surface area contributed by atoms with Crippen LogP contribution in [0.3, 0.4) is 0 Å². The van der Waals surface area contributed by atoms with Gasteiger partial charge in [0.2, 0.25) is 11.0 Å². The molecule has 0 aliphatic carbocycles. The summed E-state index contributed by atoms with van der Waals surface area (Å²) in [6.45, 7) is 2.07. The molecule has 2 aromatic heterocycles. The minimum absolute atomic E-state index is 0.0850. The highest BCUT2D eigenvalue weighted by molar-refractivity contribution is 8.01. The second-order valence-corrected chi connectivity index (χ2v) is 8.72. The molecule has 0 radical (unpaired) electrons. The van der Waals surface area contributed by atoms with Crippen molar-refractivity contribution < 1.29 is 19.1 Å². The van der Waals surface area contributed by atoms with Crippen molar-refractivity contribution in [3.63, 3.8) is 0 Å². The summed E-state index contributed by atoms with van der Waals surface area (Å²) in [6.07, 6.45) is 0.0850. The number of thioether (sulfide) groups is 1. The lowest BCUT2D eigenvalue weighted by Gasteiger charge is -2.07. The molecule has 0 aliphatic rings. The molecule has 2 heterocycles. The van der Waals surface area contributed by atoms with Gasteiger partial charge in [0, 0.05) is 5.38 Å². The van der Waals surface area contributed by atoms with Gasteiger partial charge in [-0.3, -0.25) is 9.59 Å². The number of nitrogens with one attached hydrogen (secondary N) is 2. The van der Waals surface area contributed by atoms with E-state index in [1.54, 1.807) is 19.4 Å². The van der Waals surface area contributed by atoms with Crippen molar-refractivity contribution in [1.82, 2.24) is 15.2 Å². The van der Waals surface area contributed by atoms with Gasteiger partial charge in [0.15, 0.2) is 9.47 Å². The van der Waals surface area contributed by atoms with Crippen LogP contribution >= 0.6 is 34.4 Å². The third kappa shape index (κ3) is 6.40. The Kier molecular flexibility index (Phi) is 7.99. The Morgan fingerprint density at radius 1 is 1.20 bits per heavy atom. The number of ether oxygens (including phenoxy) is 2. The van der Waals surface area contributed by atoms with E-state index < -0.39 is 0 Å². The van der Waals surface area contributed by atoms with Gasteiger partial charge in [0.1, 0.15) is 5.75 Å². The summed E-state index contributed by atoms with van der Waals surface area (Å²) >= 11 is 3.88. The summed E-state index contributed by atoms with van der Waals surface area (Å²) in [7, 11) is 1.60. The van der Waals surface area contributed by atoms with Crippen LogP contribution in [0.4, 0.5) is 16.0 Å². The van der Waals surface area contributed by atoms with E-state index in [1.165, 1.54) is 34.4 Å². The van der Waals surface area contributed by atoms with Crippen molar-refractivity contribution in [2.75, 3.05) is 30.1 Å². The predicted molar refractivity (Wildman–Crippen MR) is 118 cm³/mol. The molecule has 12 heteroatoms. The molecule has 0 unspecified atom stereocenters. The number of carbonyl (C=O) groups is 2. The van der Waals surface area contributed by atoms with Crippen molar-refractivity contribution in [2.45, 2.75) is 17.7 Å². The first-order valence-corrected chi connectivity index (χ1v) is 11.5. The molecule has 3 aromatic rings. The molecule has 3 rings (SSSR count). The van der Waals surface area contributed by atoms with Crippen molar-refractivity contribution in [3.8, 4) is 5.75 Å². The van der Waals surface area contributed by atoms with Crippen LogP contribution in [0, 0.1) is 0 Å². The Labute approximate surface area is 185 Å². The molecule has 0 saturated carbocycles. The Morgan fingerprint density at radius 3 is 2.83 bits per heavy atom. The zero-order valence-electron chi connectivity index (χ0n) is 16.2. The van der Waals surface area contributed by atoms with Crippen LogP contribution in [0.5, 0.6) is 5.75 Å². The van der Waals surface area contributed by atoms with Crippen LogP contribution in [0.25, 0.3) is 0 Å². The van der Waals surface area contributed by atoms with Gasteiger partial charge in [-0.05, 0) is 19.1 Å². The number of benzene rings is 1. The monoisotopic (exact) mass is 465 g/mol. The molecule has 30 heavy (non-hydrogen) atoms. The zero-order valence-corrected chi connectivity index (χ0v) is 18.7. The van der Waals surface area contributed by atoms with E-state index in [0.29, 0.717) is 32.7 Å². The van der Waals surface area contributed by atoms with Gasteiger partial charge in [0.25, 0.3) is 0 Å². The Balaban J connectivity index is 1.47. The summed E-state index contributed by atoms with van der Waals surface area (Å²) < 4.78 is 10.8. The summed E-state index contributed by atoms with van der Waals surface area (Å²) in [6, 6.07) is 7.50. The molecule has 0 fully saturated rings. The molecule has 0 atom stereocenters. The van der Waals surface area contributed by atoms with Gasteiger partial charge >= 0.3 is 5.97 Å². The highest BCUT2D eigenvalue weighted by atomic mass is 32.2. The highest BCUT2D eigenvalue weighted by Gasteiger charge is 2.13. The van der Waals surface area contributed by atoms with Gasteiger partial charge in [-0.15, -0.1) is 21.5 Å². The van der Waals surface area contributed by atoms with Gasteiger partial charge in [0.05, 0.1) is 37.3 Å². The quantitative estimate of drug-likeness (QED) is 0.342. The molecule has 0 aliphatic heterocycles. The number of anilines is 3. The Bertz CT molecular complexity index is 1010. The number of carbonyl (C=O) groups excluding carboxylic acids is 2. The molecule has 1 aromatic carbocycles. The van der Waals surface area contributed by atoms with Crippen LogP contribution in [0.15, 0.2) is 34.0 Å². The van der Waals surface area contributed by atoms with Crippen LogP contribution < -0.4 is 15.4 Å². The fraction of sp³-hybridized carbons (Fsp3) is 0.278. The second-order valence-electron chi connectivity index (χ2n) is 5.66. The normalized spacial score (nSPS) is 10.5. The summed E-state index contributed by atoms with van der Waals surface area (Å²) in [4.78, 5) is 27.9. The smallest absolute Gasteiger partial charge is 0.311 e. The van der Waals surface area contributed by atoms with E-state index in [9.17, 15) is 9.59 Å². The molecule has 158 valence electrons. The summed E-state index contributed by atoms with van der Waals surface area (Å²) in [5.74, 6) is 0.305. The fourth-order valence-electron chi connectivity index (χ4n) is 2.27. The van der Waals surface area contributed by atoms with Crippen LogP contribution in [0.1, 0.15) is 12.6 Å². The Hall–Kier alpha value is -2.70. The summed E-state index contributed by atoms with van der Waals surface area (Å²) in [5.41, 5.74) is 1.35. The van der Waals surface area contributed by atoms with Crippen molar-refractivity contribution in [3.05, 3.63) is 35.3 Å². The van der Waals surface area contributed by atoms with E-state index in [4.69, 9.17) is 9.47 Å². The molecular weight excluding hydrogens is 446 g/mol. The first-order valence-electron chi connectivity index (χ1n) is 8.83. The second kappa shape index (κ2) is 10.9. The molecule has 0 bridgehead atoms. The Morgan fingerprint density at radius 2 is 2.03 bits per heavy atom. The number of nitrogens with zero attached hydrogens (tertiary/aromatic N) is 3. The molecule has 0 spiro atoms. The number of amides is 1. The lowest BCUT2D eigenvalue weighted by atomic mass is 10.3. The van der Waals surface area contributed by atoms with E-state index in [1.807, 2.05) is 24.3 Å². The highest BCUT2D eigenvalue weighted by Crippen LogP contribution is 2.31. The third-order valence-corrected chi connectivity index (χ3v) is 6.29.